The first-order valence-corrected chi connectivity index (χ1v) is 11.5. The fourth-order valence-electron chi connectivity index (χ4n) is 3.07. The Hall–Kier alpha value is -1.00. The van der Waals surface area contributed by atoms with Crippen LogP contribution in [-0.4, -0.2) is 87.4 Å². The summed E-state index contributed by atoms with van der Waals surface area (Å²) < 4.78 is 52.0. The van der Waals surface area contributed by atoms with E-state index in [0.29, 0.717) is 14.0 Å². The van der Waals surface area contributed by atoms with Crippen LogP contribution in [0.4, 0.5) is 0 Å². The summed E-state index contributed by atoms with van der Waals surface area (Å²) in [6, 6.07) is -2.33. The van der Waals surface area contributed by atoms with E-state index in [-0.39, 0.29) is 11.3 Å². The zero-order valence-electron chi connectivity index (χ0n) is 15.2. The van der Waals surface area contributed by atoms with Crippen LogP contribution < -0.4 is 10.5 Å². The number of fused-ring (bicyclic) bond motifs is 1. The van der Waals surface area contributed by atoms with Gasteiger partial charge < -0.3 is 45.6 Å². The van der Waals surface area contributed by atoms with Gasteiger partial charge in [0.15, 0.2) is 9.96 Å². The van der Waals surface area contributed by atoms with Crippen molar-refractivity contribution in [2.45, 2.75) is 50.4 Å². The zero-order valence-corrected chi connectivity index (χ0v) is 17.7. The molecule has 1 aliphatic rings. The molecule has 18 heteroatoms. The highest BCUT2D eigenvalue weighted by Crippen LogP contribution is 2.57. The third-order valence-corrected chi connectivity index (χ3v) is 9.63. The summed E-state index contributed by atoms with van der Waals surface area (Å²) in [7, 11) is -9.60. The van der Waals surface area contributed by atoms with Crippen LogP contribution in [0.1, 0.15) is 24.9 Å². The van der Waals surface area contributed by atoms with Crippen molar-refractivity contribution in [3.8, 4) is 5.75 Å². The van der Waals surface area contributed by atoms with Crippen LogP contribution in [0.3, 0.4) is 0 Å². The van der Waals surface area contributed by atoms with Gasteiger partial charge in [-0.2, -0.15) is 0 Å². The van der Waals surface area contributed by atoms with E-state index < -0.39 is 74.7 Å². The number of nitrogens with two attached hydrogens (primary N) is 1. The van der Waals surface area contributed by atoms with Crippen LogP contribution in [0.2, 0.25) is 0 Å². The number of aliphatic hydroxyl groups is 7. The zero-order chi connectivity index (χ0) is 23.7. The van der Waals surface area contributed by atoms with Crippen LogP contribution in [-0.2, 0) is 24.6 Å². The van der Waals surface area contributed by atoms with Crippen molar-refractivity contribution in [1.29, 1.82) is 0 Å². The number of sulfone groups is 1. The lowest BCUT2D eigenvalue weighted by Gasteiger charge is -2.50. The summed E-state index contributed by atoms with van der Waals surface area (Å²) in [6.45, 7) is 0.670. The minimum Gasteiger partial charge on any atom is -0.505 e. The molecule has 0 radical (unpaired) electrons. The van der Waals surface area contributed by atoms with Gasteiger partial charge in [-0.15, -0.1) is 11.3 Å². The molecule has 0 bridgehead atoms. The lowest BCUT2D eigenvalue weighted by Crippen LogP contribution is -2.71. The van der Waals surface area contributed by atoms with Crippen molar-refractivity contribution >= 4 is 31.2 Å². The van der Waals surface area contributed by atoms with Crippen LogP contribution >= 0.6 is 11.3 Å². The number of thiophene rings is 1. The van der Waals surface area contributed by atoms with Gasteiger partial charge in [0, 0.05) is 19.6 Å². The average Bonchev–Trinajstić information content (AvgIpc) is 2.86. The monoisotopic (exact) mass is 496 g/mol. The highest BCUT2D eigenvalue weighted by Gasteiger charge is 2.71. The molecule has 0 aliphatic carbocycles. The minimum absolute atomic E-state index is 0.181. The molecule has 1 aromatic heterocycles. The number of primary sulfonamides is 1. The Balaban J connectivity index is 3.05. The first-order valence-electron chi connectivity index (χ1n) is 7.65. The van der Waals surface area contributed by atoms with Crippen molar-refractivity contribution in [1.82, 2.24) is 5.32 Å². The van der Waals surface area contributed by atoms with Gasteiger partial charge in [0.25, 0.3) is 16.0 Å². The second-order valence-electron chi connectivity index (χ2n) is 6.72. The van der Waals surface area contributed by atoms with E-state index in [1.54, 1.807) is 0 Å². The number of hydrogen-bond acceptors (Lipinski definition) is 15. The molecular formula is C12H20N2O13S3. The first kappa shape index (κ1) is 25.3. The summed E-state index contributed by atoms with van der Waals surface area (Å²) in [5.74, 6) is -11.8. The number of methoxy groups -OCH3 is 1. The molecule has 174 valence electrons. The number of rotatable bonds is 6. The summed E-state index contributed by atoms with van der Waals surface area (Å²) in [5, 5.41) is 86.1. The molecule has 2 rings (SSSR count). The summed E-state index contributed by atoms with van der Waals surface area (Å²) in [5.41, 5.74) is -0.980. The van der Waals surface area contributed by atoms with E-state index in [4.69, 9.17) is 5.14 Å². The van der Waals surface area contributed by atoms with Gasteiger partial charge in [0.05, 0.1) is 6.42 Å². The van der Waals surface area contributed by atoms with E-state index in [1.807, 2.05) is 5.32 Å². The molecule has 2 heterocycles. The van der Waals surface area contributed by atoms with Gasteiger partial charge in [0.2, 0.25) is 26.5 Å². The van der Waals surface area contributed by atoms with Gasteiger partial charge in [-0.05, 0) is 0 Å². The van der Waals surface area contributed by atoms with Crippen molar-refractivity contribution in [3.63, 3.8) is 0 Å². The molecule has 3 unspecified atom stereocenters. The average molecular weight is 496 g/mol. The molecule has 0 saturated carbocycles. The van der Waals surface area contributed by atoms with E-state index in [2.05, 4.69) is 4.74 Å². The second-order valence-corrected chi connectivity index (χ2v) is 11.8. The quantitative estimate of drug-likeness (QED) is 0.166. The lowest BCUT2D eigenvalue weighted by molar-refractivity contribution is -0.360. The standard InChI is InChI=1S/C12H20N2O13S3/c1-9(16,17)14-6-4-5(15)8(30(13,25)26)28-7(4)29(23,24)10(18,3-11(19,20)21)12(6,22)27-2/h6,14-22H,3H2,1-2H3,(H2,13,25,26). The third-order valence-electron chi connectivity index (χ3n) is 4.25. The fraction of sp³-hybridized carbons (Fsp3) is 0.667. The van der Waals surface area contributed by atoms with Crippen molar-refractivity contribution < 1.29 is 62.4 Å². The smallest absolute Gasteiger partial charge is 0.279 e. The van der Waals surface area contributed by atoms with E-state index in [1.165, 1.54) is 0 Å². The van der Waals surface area contributed by atoms with Crippen molar-refractivity contribution in [3.05, 3.63) is 5.56 Å². The third kappa shape index (κ3) is 3.83. The molecule has 0 amide bonds. The van der Waals surface area contributed by atoms with Gasteiger partial charge in [-0.1, -0.05) is 0 Å². The molecule has 0 aromatic carbocycles. The Kier molecular flexibility index (Phi) is 5.89. The van der Waals surface area contributed by atoms with Crippen molar-refractivity contribution in [2.24, 2.45) is 5.14 Å². The second kappa shape index (κ2) is 7.00. The number of aromatic hydroxyl groups is 1. The van der Waals surface area contributed by atoms with Crippen LogP contribution in [0.25, 0.3) is 0 Å². The Bertz CT molecular complexity index is 1050. The van der Waals surface area contributed by atoms with Crippen LogP contribution in [0.15, 0.2) is 8.42 Å². The highest BCUT2D eigenvalue weighted by atomic mass is 32.3. The van der Waals surface area contributed by atoms with Gasteiger partial charge in [0.1, 0.15) is 10.3 Å². The maximum Gasteiger partial charge on any atom is 0.279 e. The largest absolute Gasteiger partial charge is 0.505 e. The summed E-state index contributed by atoms with van der Waals surface area (Å²) in [4.78, 5) is -3.84. The molecule has 0 spiro atoms. The molecule has 30 heavy (non-hydrogen) atoms. The molecule has 11 N–H and O–H groups in total. The Morgan fingerprint density at radius 2 is 1.73 bits per heavy atom. The normalized spacial score (nSPS) is 29.6. The molecular weight excluding hydrogens is 476 g/mol. The lowest BCUT2D eigenvalue weighted by atomic mass is 9.91. The minimum atomic E-state index is -5.45. The maximum atomic E-state index is 13.1. The van der Waals surface area contributed by atoms with Crippen LogP contribution in [0, 0.1) is 0 Å². The SMILES string of the molecule is COC1(O)C(NC(C)(O)O)c2c(sc(S(N)(=O)=O)c2O)S(=O)(=O)C1(O)CC(O)(O)O. The van der Waals surface area contributed by atoms with Gasteiger partial charge >= 0.3 is 0 Å². The molecule has 0 fully saturated rings. The van der Waals surface area contributed by atoms with Crippen molar-refractivity contribution in [2.75, 3.05) is 7.11 Å². The Labute approximate surface area is 173 Å². The molecule has 0 saturated heterocycles. The molecule has 1 aliphatic heterocycles. The van der Waals surface area contributed by atoms with Gasteiger partial charge in [-0.25, -0.2) is 22.0 Å². The number of hydrogen-bond donors (Lipinski definition) is 10. The number of sulfonamides is 1. The van der Waals surface area contributed by atoms with Gasteiger partial charge in [-0.3, -0.25) is 5.32 Å². The highest BCUT2D eigenvalue weighted by molar-refractivity contribution is 7.96. The summed E-state index contributed by atoms with van der Waals surface area (Å²) in [6.07, 6.45) is -1.94. The fourth-order valence-corrected chi connectivity index (χ4v) is 7.91. The number of nitrogens with one attached hydrogen (secondary N) is 1. The number of ether oxygens (including phenoxy) is 1. The van der Waals surface area contributed by atoms with E-state index in [0.717, 1.165) is 0 Å². The predicted octanol–water partition coefficient (Wildman–Crippen LogP) is -4.78. The topological polar surface area (TPSA) is 277 Å². The molecule has 15 nitrogen and oxygen atoms in total. The summed E-state index contributed by atoms with van der Waals surface area (Å²) >= 11 is -0.181. The molecule has 1 aromatic rings. The molecule has 3 atom stereocenters. The van der Waals surface area contributed by atoms with Crippen LogP contribution in [0.5, 0.6) is 5.75 Å². The predicted molar refractivity (Wildman–Crippen MR) is 94.2 cm³/mol. The first-order chi connectivity index (χ1) is 13.1. The maximum absolute atomic E-state index is 13.1. The Morgan fingerprint density at radius 1 is 1.23 bits per heavy atom. The Morgan fingerprint density at radius 3 is 2.10 bits per heavy atom. The van der Waals surface area contributed by atoms with E-state index in [9.17, 15) is 57.7 Å². The van der Waals surface area contributed by atoms with E-state index >= 15 is 0 Å².